The van der Waals surface area contributed by atoms with Gasteiger partial charge in [-0.1, -0.05) is 29.5 Å². The lowest BCUT2D eigenvalue weighted by Crippen LogP contribution is -1.91. The van der Waals surface area contributed by atoms with Crippen molar-refractivity contribution in [2.24, 2.45) is 0 Å². The van der Waals surface area contributed by atoms with E-state index in [1.165, 1.54) is 11.3 Å². The smallest absolute Gasteiger partial charge is 0.235 e. The van der Waals surface area contributed by atoms with Crippen LogP contribution in [0.4, 0.5) is 0 Å². The average molecular weight is 370 g/mol. The third kappa shape index (κ3) is 2.40. The monoisotopic (exact) mass is 369 g/mol. The molecule has 0 unspecified atom stereocenters. The summed E-state index contributed by atoms with van der Waals surface area (Å²) in [6, 6.07) is 11.8. The Labute approximate surface area is 152 Å². The Morgan fingerprint density at radius 2 is 1.96 bits per heavy atom. The van der Waals surface area contributed by atoms with E-state index in [0.29, 0.717) is 5.82 Å². The highest BCUT2D eigenvalue weighted by Crippen LogP contribution is 2.35. The van der Waals surface area contributed by atoms with Crippen molar-refractivity contribution < 1.29 is 4.42 Å². The zero-order valence-electron chi connectivity index (χ0n) is 13.1. The molecular formula is C17H12ClN5OS. The van der Waals surface area contributed by atoms with E-state index in [1.807, 2.05) is 37.3 Å². The molecular weight excluding hydrogens is 358 g/mol. The summed E-state index contributed by atoms with van der Waals surface area (Å²) in [5, 5.41) is 15.0. The van der Waals surface area contributed by atoms with Crippen molar-refractivity contribution in [1.82, 2.24) is 24.8 Å². The van der Waals surface area contributed by atoms with Crippen LogP contribution in [0.15, 0.2) is 53.2 Å². The predicted octanol–water partition coefficient (Wildman–Crippen LogP) is 4.39. The van der Waals surface area contributed by atoms with Crippen LogP contribution in [-0.4, -0.2) is 24.8 Å². The minimum absolute atomic E-state index is 0. The molecule has 0 amide bonds. The fourth-order valence-electron chi connectivity index (χ4n) is 2.76. The van der Waals surface area contributed by atoms with E-state index in [-0.39, 0.29) is 12.4 Å². The van der Waals surface area contributed by atoms with E-state index >= 15 is 0 Å². The maximum atomic E-state index is 6.00. The molecule has 5 rings (SSSR count). The maximum absolute atomic E-state index is 6.00. The lowest BCUT2D eigenvalue weighted by molar-refractivity contribution is 0.626. The molecule has 0 saturated heterocycles. The molecule has 0 fully saturated rings. The fraction of sp³-hybridized carbons (Fsp3) is 0.0588. The number of halogens is 1. The number of furan rings is 1. The van der Waals surface area contributed by atoms with E-state index in [4.69, 9.17) is 4.42 Å². The molecule has 0 radical (unpaired) electrons. The van der Waals surface area contributed by atoms with Gasteiger partial charge in [-0.05, 0) is 25.1 Å². The van der Waals surface area contributed by atoms with E-state index in [1.54, 1.807) is 16.9 Å². The molecule has 0 aliphatic rings. The summed E-state index contributed by atoms with van der Waals surface area (Å²) >= 11 is 1.46. The summed E-state index contributed by atoms with van der Waals surface area (Å²) in [5.74, 6) is 1.46. The molecule has 0 N–H and O–H groups in total. The highest BCUT2D eigenvalue weighted by atomic mass is 35.5. The first-order chi connectivity index (χ1) is 11.8. The highest BCUT2D eigenvalue weighted by Gasteiger charge is 2.19. The van der Waals surface area contributed by atoms with Gasteiger partial charge >= 0.3 is 0 Å². The van der Waals surface area contributed by atoms with Gasteiger partial charge < -0.3 is 4.42 Å². The van der Waals surface area contributed by atoms with Crippen molar-refractivity contribution in [3.8, 4) is 22.2 Å². The van der Waals surface area contributed by atoms with Gasteiger partial charge in [-0.25, -0.2) is 0 Å². The van der Waals surface area contributed by atoms with Crippen LogP contribution >= 0.6 is 23.7 Å². The highest BCUT2D eigenvalue weighted by molar-refractivity contribution is 7.19. The number of hydrogen-bond donors (Lipinski definition) is 0. The Kier molecular flexibility index (Phi) is 3.74. The zero-order valence-corrected chi connectivity index (χ0v) is 14.7. The number of rotatable bonds is 2. The SMILES string of the molecule is Cc1c(-c2nn3c(-c4cccnc4)nnc3s2)oc2ccccc12.Cl. The van der Waals surface area contributed by atoms with Crippen molar-refractivity contribution >= 4 is 39.7 Å². The third-order valence-corrected chi connectivity index (χ3v) is 4.85. The molecule has 0 atom stereocenters. The summed E-state index contributed by atoms with van der Waals surface area (Å²) in [6.07, 6.45) is 3.48. The first-order valence-electron chi connectivity index (χ1n) is 7.42. The summed E-state index contributed by atoms with van der Waals surface area (Å²) < 4.78 is 7.74. The summed E-state index contributed by atoms with van der Waals surface area (Å²) in [6.45, 7) is 2.05. The lowest BCUT2D eigenvalue weighted by Gasteiger charge is -1.95. The lowest BCUT2D eigenvalue weighted by atomic mass is 10.1. The second-order valence-corrected chi connectivity index (χ2v) is 6.38. The molecule has 8 heteroatoms. The molecule has 4 aromatic heterocycles. The van der Waals surface area contributed by atoms with Gasteiger partial charge in [-0.3, -0.25) is 4.98 Å². The molecule has 0 bridgehead atoms. The Morgan fingerprint density at radius 1 is 1.08 bits per heavy atom. The second-order valence-electron chi connectivity index (χ2n) is 5.42. The molecule has 5 aromatic rings. The van der Waals surface area contributed by atoms with Crippen LogP contribution in [0, 0.1) is 6.92 Å². The zero-order chi connectivity index (χ0) is 16.1. The minimum atomic E-state index is 0. The van der Waals surface area contributed by atoms with Crippen LogP contribution < -0.4 is 0 Å². The van der Waals surface area contributed by atoms with Gasteiger partial charge in [0.05, 0.1) is 0 Å². The molecule has 0 spiro atoms. The predicted molar refractivity (Wildman–Crippen MR) is 99.1 cm³/mol. The fourth-order valence-corrected chi connectivity index (χ4v) is 3.64. The van der Waals surface area contributed by atoms with Crippen LogP contribution in [0.3, 0.4) is 0 Å². The molecule has 25 heavy (non-hydrogen) atoms. The molecule has 124 valence electrons. The van der Waals surface area contributed by atoms with E-state index in [2.05, 4.69) is 26.3 Å². The van der Waals surface area contributed by atoms with Gasteiger partial charge in [0.1, 0.15) is 5.58 Å². The number of hydrogen-bond acceptors (Lipinski definition) is 6. The van der Waals surface area contributed by atoms with Gasteiger partial charge in [0.15, 0.2) is 16.6 Å². The normalized spacial score (nSPS) is 11.1. The number of pyridine rings is 1. The number of benzene rings is 1. The van der Waals surface area contributed by atoms with Crippen LogP contribution in [0.25, 0.3) is 38.1 Å². The maximum Gasteiger partial charge on any atom is 0.235 e. The molecule has 1 aromatic carbocycles. The van der Waals surface area contributed by atoms with Crippen molar-refractivity contribution in [3.05, 3.63) is 54.4 Å². The van der Waals surface area contributed by atoms with Crippen molar-refractivity contribution in [2.75, 3.05) is 0 Å². The van der Waals surface area contributed by atoms with Gasteiger partial charge in [0.25, 0.3) is 0 Å². The first-order valence-corrected chi connectivity index (χ1v) is 8.24. The third-order valence-electron chi connectivity index (χ3n) is 3.95. The number of para-hydroxylation sites is 1. The Morgan fingerprint density at radius 3 is 2.76 bits per heavy atom. The van der Waals surface area contributed by atoms with Crippen LogP contribution in [0.2, 0.25) is 0 Å². The van der Waals surface area contributed by atoms with Crippen LogP contribution in [-0.2, 0) is 0 Å². The van der Waals surface area contributed by atoms with Gasteiger partial charge in [0, 0.05) is 28.9 Å². The van der Waals surface area contributed by atoms with Gasteiger partial charge in [-0.15, -0.1) is 27.7 Å². The number of aryl methyl sites for hydroxylation is 1. The average Bonchev–Trinajstić information content (AvgIpc) is 3.28. The topological polar surface area (TPSA) is 69.1 Å². The van der Waals surface area contributed by atoms with E-state index in [9.17, 15) is 0 Å². The first kappa shape index (κ1) is 15.7. The van der Waals surface area contributed by atoms with Gasteiger partial charge in [0.2, 0.25) is 4.96 Å². The summed E-state index contributed by atoms with van der Waals surface area (Å²) in [4.78, 5) is 4.86. The van der Waals surface area contributed by atoms with Crippen LogP contribution in [0.1, 0.15) is 5.56 Å². The molecule has 0 aliphatic heterocycles. The number of aromatic nitrogens is 5. The summed E-state index contributed by atoms with van der Waals surface area (Å²) in [5.41, 5.74) is 2.82. The molecule has 0 saturated carbocycles. The Hall–Kier alpha value is -2.77. The quantitative estimate of drug-likeness (QED) is 0.461. The molecule has 4 heterocycles. The molecule has 6 nitrogen and oxygen atoms in total. The molecule has 0 aliphatic carbocycles. The van der Waals surface area contributed by atoms with Crippen molar-refractivity contribution in [3.63, 3.8) is 0 Å². The number of nitrogens with zero attached hydrogens (tertiary/aromatic N) is 5. The van der Waals surface area contributed by atoms with E-state index in [0.717, 1.165) is 37.8 Å². The summed E-state index contributed by atoms with van der Waals surface area (Å²) in [7, 11) is 0. The largest absolute Gasteiger partial charge is 0.453 e. The Bertz CT molecular complexity index is 1180. The minimum Gasteiger partial charge on any atom is -0.453 e. The van der Waals surface area contributed by atoms with Crippen LogP contribution in [0.5, 0.6) is 0 Å². The Balaban J connectivity index is 0.00000157. The standard InChI is InChI=1S/C17H11N5OS.ClH/c1-10-12-6-2-3-7-13(12)23-14(10)16-21-22-15(19-20-17(22)24-16)11-5-4-8-18-9-11;/h2-9H,1H3;1H. The van der Waals surface area contributed by atoms with E-state index < -0.39 is 0 Å². The second kappa shape index (κ2) is 5.94. The van der Waals surface area contributed by atoms with Crippen molar-refractivity contribution in [1.29, 1.82) is 0 Å². The van der Waals surface area contributed by atoms with Crippen molar-refractivity contribution in [2.45, 2.75) is 6.92 Å². The van der Waals surface area contributed by atoms with Gasteiger partial charge in [-0.2, -0.15) is 4.52 Å². The number of fused-ring (bicyclic) bond motifs is 2.